The molecule has 0 radical (unpaired) electrons. The molecular formula is C44H26N2. The molecule has 0 unspecified atom stereocenters. The number of rotatable bonds is 2. The van der Waals surface area contributed by atoms with Crippen LogP contribution in [0.2, 0.25) is 0 Å². The Morgan fingerprint density at radius 3 is 1.63 bits per heavy atom. The van der Waals surface area contributed by atoms with Crippen LogP contribution in [-0.2, 0) is 0 Å². The number of benzene rings is 7. The molecule has 0 N–H and O–H groups in total. The summed E-state index contributed by atoms with van der Waals surface area (Å²) in [5.74, 6) is 0. The summed E-state index contributed by atoms with van der Waals surface area (Å²) in [5.41, 5.74) is 6.34. The molecule has 0 aliphatic heterocycles. The summed E-state index contributed by atoms with van der Waals surface area (Å²) in [6.07, 6.45) is 1.84. The minimum Gasteiger partial charge on any atom is -0.254 e. The summed E-state index contributed by atoms with van der Waals surface area (Å²) in [7, 11) is 0. The predicted octanol–water partition coefficient (Wildman–Crippen LogP) is 11.9. The Hall–Kier alpha value is -6.12. The van der Waals surface area contributed by atoms with Crippen LogP contribution in [0.15, 0.2) is 158 Å². The first-order chi connectivity index (χ1) is 22.8. The fourth-order valence-corrected chi connectivity index (χ4v) is 7.55. The van der Waals surface area contributed by atoms with Crippen molar-refractivity contribution in [2.45, 2.75) is 0 Å². The summed E-state index contributed by atoms with van der Waals surface area (Å²) < 4.78 is 0. The zero-order valence-electron chi connectivity index (χ0n) is 24.9. The summed E-state index contributed by atoms with van der Waals surface area (Å²) in [6.45, 7) is 0. The standard InChI is InChI=1S/C44H26N2/c1-3-12-34-32(10-1)33-11-2-4-13-35(33)37-15-6-16-38-39(26-31-8-5-14-36(34)41(31)42(37)38)27-17-19-28(20-18-27)40-24-23-30-22-21-29-9-7-25-45-43(29)44(30)46-40/h1-26H. The molecule has 0 saturated carbocycles. The van der Waals surface area contributed by atoms with Crippen molar-refractivity contribution >= 4 is 75.7 Å². The molecule has 212 valence electrons. The van der Waals surface area contributed by atoms with Gasteiger partial charge in [-0.05, 0) is 83.2 Å². The number of hydrogen-bond acceptors (Lipinski definition) is 2. The first-order valence-electron chi connectivity index (χ1n) is 15.7. The SMILES string of the molecule is c1cnc2c(c1)ccc1ccc(-c3ccc(-c4cc5cccc6c7ccccc7c7ccccc7c7cccc4c7c56)cc3)nc12. The van der Waals surface area contributed by atoms with E-state index in [1.165, 1.54) is 65.0 Å². The zero-order chi connectivity index (χ0) is 30.2. The van der Waals surface area contributed by atoms with Crippen molar-refractivity contribution in [3.05, 3.63) is 158 Å². The summed E-state index contributed by atoms with van der Waals surface area (Å²) >= 11 is 0. The third-order valence-corrected chi connectivity index (χ3v) is 9.65. The highest BCUT2D eigenvalue weighted by molar-refractivity contribution is 6.34. The van der Waals surface area contributed by atoms with Crippen molar-refractivity contribution < 1.29 is 0 Å². The summed E-state index contributed by atoms with van der Waals surface area (Å²) in [6, 6.07) is 55.1. The normalized spacial score (nSPS) is 11.9. The number of fused-ring (bicyclic) bond motifs is 8. The van der Waals surface area contributed by atoms with Crippen molar-refractivity contribution in [2.24, 2.45) is 0 Å². The van der Waals surface area contributed by atoms with Gasteiger partial charge >= 0.3 is 0 Å². The molecule has 0 spiro atoms. The van der Waals surface area contributed by atoms with E-state index in [1.807, 2.05) is 12.3 Å². The van der Waals surface area contributed by atoms with Crippen molar-refractivity contribution in [3.8, 4) is 22.4 Å². The van der Waals surface area contributed by atoms with Crippen LogP contribution in [0.3, 0.4) is 0 Å². The minimum atomic E-state index is 0.937. The van der Waals surface area contributed by atoms with Gasteiger partial charge in [0.1, 0.15) is 0 Å². The summed E-state index contributed by atoms with van der Waals surface area (Å²) in [5, 5.41) is 15.0. The van der Waals surface area contributed by atoms with Gasteiger partial charge in [0.2, 0.25) is 0 Å². The lowest BCUT2D eigenvalue weighted by molar-refractivity contribution is 1.37. The van der Waals surface area contributed by atoms with Gasteiger partial charge in [0, 0.05) is 22.5 Å². The molecule has 0 aliphatic rings. The topological polar surface area (TPSA) is 25.8 Å². The monoisotopic (exact) mass is 582 g/mol. The fraction of sp³-hybridized carbons (Fsp3) is 0. The fourth-order valence-electron chi connectivity index (χ4n) is 7.55. The van der Waals surface area contributed by atoms with E-state index in [0.717, 1.165) is 33.1 Å². The van der Waals surface area contributed by atoms with Crippen molar-refractivity contribution in [1.29, 1.82) is 0 Å². The van der Waals surface area contributed by atoms with E-state index < -0.39 is 0 Å². The molecule has 46 heavy (non-hydrogen) atoms. The molecule has 0 saturated heterocycles. The van der Waals surface area contributed by atoms with Gasteiger partial charge in [0.25, 0.3) is 0 Å². The first-order valence-corrected chi connectivity index (χ1v) is 15.7. The third kappa shape index (κ3) is 3.65. The van der Waals surface area contributed by atoms with Gasteiger partial charge in [-0.1, -0.05) is 133 Å². The second-order valence-electron chi connectivity index (χ2n) is 12.1. The highest BCUT2D eigenvalue weighted by atomic mass is 14.7. The second kappa shape index (κ2) is 9.69. The van der Waals surface area contributed by atoms with E-state index in [1.54, 1.807) is 0 Å². The molecule has 2 heteroatoms. The van der Waals surface area contributed by atoms with E-state index >= 15 is 0 Å². The minimum absolute atomic E-state index is 0.937. The van der Waals surface area contributed by atoms with Gasteiger partial charge < -0.3 is 0 Å². The number of pyridine rings is 2. The van der Waals surface area contributed by atoms with Gasteiger partial charge in [-0.15, -0.1) is 0 Å². The quantitative estimate of drug-likeness (QED) is 0.190. The van der Waals surface area contributed by atoms with Crippen molar-refractivity contribution in [2.75, 3.05) is 0 Å². The van der Waals surface area contributed by atoms with Gasteiger partial charge in [-0.25, -0.2) is 4.98 Å². The Morgan fingerprint density at radius 1 is 0.348 bits per heavy atom. The molecule has 2 aromatic heterocycles. The molecule has 0 atom stereocenters. The van der Waals surface area contributed by atoms with Crippen molar-refractivity contribution in [1.82, 2.24) is 9.97 Å². The Bertz CT molecular complexity index is 2850. The number of aromatic nitrogens is 2. The van der Waals surface area contributed by atoms with Gasteiger partial charge in [-0.3, -0.25) is 4.98 Å². The van der Waals surface area contributed by atoms with Crippen molar-refractivity contribution in [3.63, 3.8) is 0 Å². The van der Waals surface area contributed by atoms with Crippen LogP contribution in [0, 0.1) is 0 Å². The Morgan fingerprint density at radius 2 is 0.891 bits per heavy atom. The number of nitrogens with zero attached hydrogens (tertiary/aromatic N) is 2. The van der Waals surface area contributed by atoms with Crippen LogP contribution in [0.4, 0.5) is 0 Å². The Balaban J connectivity index is 1.23. The molecule has 0 aliphatic carbocycles. The van der Waals surface area contributed by atoms with Crippen LogP contribution in [0.1, 0.15) is 0 Å². The van der Waals surface area contributed by atoms with E-state index in [9.17, 15) is 0 Å². The van der Waals surface area contributed by atoms with Crippen LogP contribution < -0.4 is 0 Å². The lowest BCUT2D eigenvalue weighted by Crippen LogP contribution is -1.90. The Kier molecular flexibility index (Phi) is 5.31. The van der Waals surface area contributed by atoms with E-state index in [2.05, 4.69) is 151 Å². The van der Waals surface area contributed by atoms with Gasteiger partial charge in [0.05, 0.1) is 16.7 Å². The molecule has 0 bridgehead atoms. The largest absolute Gasteiger partial charge is 0.254 e. The summed E-state index contributed by atoms with van der Waals surface area (Å²) in [4.78, 5) is 9.74. The van der Waals surface area contributed by atoms with Crippen LogP contribution in [0.5, 0.6) is 0 Å². The number of hydrogen-bond donors (Lipinski definition) is 0. The molecular weight excluding hydrogens is 556 g/mol. The molecule has 0 amide bonds. The first kappa shape index (κ1) is 25.2. The smallest absolute Gasteiger partial charge is 0.0972 e. The average molecular weight is 583 g/mol. The molecule has 2 nitrogen and oxygen atoms in total. The lowest BCUT2D eigenvalue weighted by atomic mass is 9.87. The molecule has 10 aromatic rings. The van der Waals surface area contributed by atoms with Gasteiger partial charge in [0.15, 0.2) is 0 Å². The maximum absolute atomic E-state index is 5.09. The molecule has 8 aromatic carbocycles. The zero-order valence-corrected chi connectivity index (χ0v) is 24.9. The van der Waals surface area contributed by atoms with Crippen LogP contribution in [-0.4, -0.2) is 9.97 Å². The third-order valence-electron chi connectivity index (χ3n) is 9.65. The molecule has 0 fully saturated rings. The maximum atomic E-state index is 5.09. The van der Waals surface area contributed by atoms with E-state index in [0.29, 0.717) is 0 Å². The average Bonchev–Trinajstić information content (AvgIpc) is 3.13. The highest BCUT2D eigenvalue weighted by Crippen LogP contribution is 2.43. The lowest BCUT2D eigenvalue weighted by Gasteiger charge is -2.16. The maximum Gasteiger partial charge on any atom is 0.0972 e. The second-order valence-corrected chi connectivity index (χ2v) is 12.1. The van der Waals surface area contributed by atoms with Crippen LogP contribution >= 0.6 is 0 Å². The highest BCUT2D eigenvalue weighted by Gasteiger charge is 2.16. The predicted molar refractivity (Wildman–Crippen MR) is 195 cm³/mol. The van der Waals surface area contributed by atoms with E-state index in [4.69, 9.17) is 4.98 Å². The van der Waals surface area contributed by atoms with Gasteiger partial charge in [-0.2, -0.15) is 0 Å². The van der Waals surface area contributed by atoms with Crippen LogP contribution in [0.25, 0.3) is 98.1 Å². The molecule has 2 heterocycles. The van der Waals surface area contributed by atoms with E-state index in [-0.39, 0.29) is 0 Å². The Labute approximate surface area is 265 Å². The molecule has 10 rings (SSSR count).